The third kappa shape index (κ3) is 6.94. The molecule has 0 spiro atoms. The first-order valence-electron chi connectivity index (χ1n) is 6.79. The summed E-state index contributed by atoms with van der Waals surface area (Å²) >= 11 is 0. The number of rotatable bonds is 8. The molecule has 1 unspecified atom stereocenters. The quantitative estimate of drug-likeness (QED) is 0.614. The van der Waals surface area contributed by atoms with Crippen LogP contribution in [0, 0.1) is 6.92 Å². The molecule has 4 heteroatoms. The van der Waals surface area contributed by atoms with Crippen LogP contribution in [0.3, 0.4) is 0 Å². The number of carbonyl (C=O) groups is 1. The highest BCUT2D eigenvalue weighted by Gasteiger charge is 2.03. The van der Waals surface area contributed by atoms with E-state index in [2.05, 4.69) is 29.7 Å². The minimum Gasteiger partial charge on any atom is -0.392 e. The van der Waals surface area contributed by atoms with E-state index in [0.717, 1.165) is 6.42 Å². The third-order valence-electron chi connectivity index (χ3n) is 2.95. The zero-order valence-corrected chi connectivity index (χ0v) is 11.8. The maximum Gasteiger partial charge on any atom is 0.220 e. The van der Waals surface area contributed by atoms with Crippen molar-refractivity contribution in [3.8, 4) is 0 Å². The molecule has 0 saturated carbocycles. The van der Waals surface area contributed by atoms with Crippen LogP contribution in [0.15, 0.2) is 24.3 Å². The lowest BCUT2D eigenvalue weighted by molar-refractivity contribution is -0.121. The van der Waals surface area contributed by atoms with E-state index in [0.29, 0.717) is 26.1 Å². The first-order valence-corrected chi connectivity index (χ1v) is 6.79. The number of carbonyl (C=O) groups excluding carboxylic acids is 1. The second-order valence-electron chi connectivity index (χ2n) is 4.83. The molecule has 0 saturated heterocycles. The van der Waals surface area contributed by atoms with E-state index in [1.165, 1.54) is 11.1 Å². The average molecular weight is 264 g/mol. The van der Waals surface area contributed by atoms with Gasteiger partial charge < -0.3 is 15.7 Å². The van der Waals surface area contributed by atoms with Crippen molar-refractivity contribution in [2.45, 2.75) is 32.8 Å². The maximum atomic E-state index is 11.6. The zero-order chi connectivity index (χ0) is 14.1. The van der Waals surface area contributed by atoms with E-state index in [1.807, 2.05) is 12.1 Å². The molecule has 0 heterocycles. The van der Waals surface area contributed by atoms with E-state index in [9.17, 15) is 4.79 Å². The van der Waals surface area contributed by atoms with Gasteiger partial charge >= 0.3 is 0 Å². The molecule has 0 aromatic heterocycles. The minimum absolute atomic E-state index is 0.0714. The molecule has 4 nitrogen and oxygen atoms in total. The normalized spacial score (nSPS) is 12.2. The number of aliphatic hydroxyl groups is 1. The van der Waals surface area contributed by atoms with Gasteiger partial charge in [0.2, 0.25) is 5.91 Å². The SMILES string of the molecule is Cc1ccccc1CCC(=O)NCCNCC(C)O. The summed E-state index contributed by atoms with van der Waals surface area (Å²) in [6.07, 6.45) is 0.942. The monoisotopic (exact) mass is 264 g/mol. The number of hydrogen-bond acceptors (Lipinski definition) is 3. The second-order valence-corrected chi connectivity index (χ2v) is 4.83. The lowest BCUT2D eigenvalue weighted by Crippen LogP contribution is -2.34. The summed E-state index contributed by atoms with van der Waals surface area (Å²) in [7, 11) is 0. The van der Waals surface area contributed by atoms with Gasteiger partial charge in [-0.05, 0) is 31.4 Å². The van der Waals surface area contributed by atoms with Crippen LogP contribution >= 0.6 is 0 Å². The first-order chi connectivity index (χ1) is 9.09. The largest absolute Gasteiger partial charge is 0.392 e. The zero-order valence-electron chi connectivity index (χ0n) is 11.8. The standard InChI is InChI=1S/C15H24N2O2/c1-12-5-3-4-6-14(12)7-8-15(19)17-10-9-16-11-13(2)18/h3-6,13,16,18H,7-11H2,1-2H3,(H,17,19). The smallest absolute Gasteiger partial charge is 0.220 e. The summed E-state index contributed by atoms with van der Waals surface area (Å²) in [5.41, 5.74) is 2.46. The van der Waals surface area contributed by atoms with E-state index in [1.54, 1.807) is 6.92 Å². The summed E-state index contributed by atoms with van der Waals surface area (Å²) in [5, 5.41) is 15.0. The van der Waals surface area contributed by atoms with Crippen molar-refractivity contribution >= 4 is 5.91 Å². The predicted octanol–water partition coefficient (Wildman–Crippen LogP) is 1.01. The third-order valence-corrected chi connectivity index (χ3v) is 2.95. The molecule has 0 aliphatic carbocycles. The number of amides is 1. The van der Waals surface area contributed by atoms with Crippen molar-refractivity contribution in [1.82, 2.24) is 10.6 Å². The molecule has 0 bridgehead atoms. The van der Waals surface area contributed by atoms with Crippen LogP contribution in [0.25, 0.3) is 0 Å². The fraction of sp³-hybridized carbons (Fsp3) is 0.533. The Labute approximate surface area is 115 Å². The Morgan fingerprint density at radius 3 is 2.74 bits per heavy atom. The first kappa shape index (κ1) is 15.7. The lowest BCUT2D eigenvalue weighted by atomic mass is 10.0. The highest BCUT2D eigenvalue weighted by molar-refractivity contribution is 5.76. The second kappa shape index (κ2) is 8.67. The Morgan fingerprint density at radius 2 is 2.05 bits per heavy atom. The van der Waals surface area contributed by atoms with Gasteiger partial charge in [-0.15, -0.1) is 0 Å². The van der Waals surface area contributed by atoms with Gasteiger partial charge in [-0.2, -0.15) is 0 Å². The van der Waals surface area contributed by atoms with Gasteiger partial charge in [-0.1, -0.05) is 24.3 Å². The van der Waals surface area contributed by atoms with Gasteiger partial charge in [-0.25, -0.2) is 0 Å². The number of aliphatic hydroxyl groups excluding tert-OH is 1. The van der Waals surface area contributed by atoms with Gasteiger partial charge in [0.15, 0.2) is 0 Å². The molecule has 1 atom stereocenters. The highest BCUT2D eigenvalue weighted by atomic mass is 16.3. The molecule has 0 aliphatic rings. The fourth-order valence-electron chi connectivity index (χ4n) is 1.83. The van der Waals surface area contributed by atoms with Crippen molar-refractivity contribution in [1.29, 1.82) is 0 Å². The Morgan fingerprint density at radius 1 is 1.32 bits per heavy atom. The van der Waals surface area contributed by atoms with Crippen LogP contribution in [0.4, 0.5) is 0 Å². The van der Waals surface area contributed by atoms with Crippen molar-refractivity contribution in [3.05, 3.63) is 35.4 Å². The Bertz CT molecular complexity index is 391. The highest BCUT2D eigenvalue weighted by Crippen LogP contribution is 2.09. The van der Waals surface area contributed by atoms with Crippen molar-refractivity contribution in [3.63, 3.8) is 0 Å². The molecule has 0 aliphatic heterocycles. The minimum atomic E-state index is -0.350. The number of benzene rings is 1. The maximum absolute atomic E-state index is 11.6. The fourth-order valence-corrected chi connectivity index (χ4v) is 1.83. The Balaban J connectivity index is 2.13. The molecular formula is C15H24N2O2. The molecule has 1 aromatic carbocycles. The Hall–Kier alpha value is -1.39. The molecular weight excluding hydrogens is 240 g/mol. The average Bonchev–Trinajstić information content (AvgIpc) is 2.37. The Kier molecular flexibility index (Phi) is 7.15. The van der Waals surface area contributed by atoms with E-state index < -0.39 is 0 Å². The molecule has 1 amide bonds. The topological polar surface area (TPSA) is 61.4 Å². The van der Waals surface area contributed by atoms with Crippen LogP contribution in [0.5, 0.6) is 0 Å². The molecule has 19 heavy (non-hydrogen) atoms. The van der Waals surface area contributed by atoms with Crippen LogP contribution in [0.1, 0.15) is 24.5 Å². The van der Waals surface area contributed by atoms with Gasteiger partial charge in [0.1, 0.15) is 0 Å². The van der Waals surface area contributed by atoms with Crippen LogP contribution < -0.4 is 10.6 Å². The van der Waals surface area contributed by atoms with E-state index >= 15 is 0 Å². The molecule has 0 radical (unpaired) electrons. The van der Waals surface area contributed by atoms with Crippen LogP contribution in [-0.4, -0.2) is 36.8 Å². The lowest BCUT2D eigenvalue weighted by Gasteiger charge is -2.09. The van der Waals surface area contributed by atoms with Crippen molar-refractivity contribution in [2.75, 3.05) is 19.6 Å². The number of nitrogens with one attached hydrogen (secondary N) is 2. The summed E-state index contributed by atoms with van der Waals surface area (Å²) in [6, 6.07) is 8.13. The van der Waals surface area contributed by atoms with E-state index in [4.69, 9.17) is 5.11 Å². The van der Waals surface area contributed by atoms with Crippen LogP contribution in [-0.2, 0) is 11.2 Å². The number of aryl methyl sites for hydroxylation is 2. The van der Waals surface area contributed by atoms with Gasteiger partial charge in [0.25, 0.3) is 0 Å². The molecule has 0 fully saturated rings. The van der Waals surface area contributed by atoms with Gasteiger partial charge in [-0.3, -0.25) is 4.79 Å². The van der Waals surface area contributed by atoms with Crippen molar-refractivity contribution < 1.29 is 9.90 Å². The van der Waals surface area contributed by atoms with E-state index in [-0.39, 0.29) is 12.0 Å². The summed E-state index contributed by atoms with van der Waals surface area (Å²) in [6.45, 7) is 5.63. The van der Waals surface area contributed by atoms with Gasteiger partial charge in [0, 0.05) is 26.1 Å². The molecule has 1 aromatic rings. The molecule has 1 rings (SSSR count). The van der Waals surface area contributed by atoms with Crippen molar-refractivity contribution in [2.24, 2.45) is 0 Å². The number of hydrogen-bond donors (Lipinski definition) is 3. The van der Waals surface area contributed by atoms with Crippen LogP contribution in [0.2, 0.25) is 0 Å². The summed E-state index contributed by atoms with van der Waals surface area (Å²) in [5.74, 6) is 0.0714. The molecule has 106 valence electrons. The summed E-state index contributed by atoms with van der Waals surface area (Å²) in [4.78, 5) is 11.6. The predicted molar refractivity (Wildman–Crippen MR) is 77.1 cm³/mol. The summed E-state index contributed by atoms with van der Waals surface area (Å²) < 4.78 is 0. The molecule has 3 N–H and O–H groups in total. The van der Waals surface area contributed by atoms with Gasteiger partial charge in [0.05, 0.1) is 6.10 Å².